The number of benzene rings is 2. The molecule has 7 heteroatoms. The third-order valence-corrected chi connectivity index (χ3v) is 5.86. The third-order valence-electron chi connectivity index (χ3n) is 5.86. The van der Waals surface area contributed by atoms with Gasteiger partial charge in [0.25, 0.3) is 5.91 Å². The van der Waals surface area contributed by atoms with E-state index in [-0.39, 0.29) is 11.8 Å². The minimum absolute atomic E-state index is 0.0834. The van der Waals surface area contributed by atoms with E-state index in [1.165, 1.54) is 0 Å². The quantitative estimate of drug-likeness (QED) is 0.410. The van der Waals surface area contributed by atoms with Crippen molar-refractivity contribution in [2.75, 3.05) is 20.8 Å². The summed E-state index contributed by atoms with van der Waals surface area (Å²) in [6, 6.07) is 15.9. The van der Waals surface area contributed by atoms with Crippen LogP contribution in [0.1, 0.15) is 47.1 Å². The van der Waals surface area contributed by atoms with Crippen LogP contribution in [-0.4, -0.2) is 41.3 Å². The number of amides is 1. The van der Waals surface area contributed by atoms with E-state index in [1.54, 1.807) is 20.4 Å². The van der Waals surface area contributed by atoms with Crippen LogP contribution in [0.2, 0.25) is 0 Å². The fourth-order valence-electron chi connectivity index (χ4n) is 4.23. The molecule has 0 saturated carbocycles. The van der Waals surface area contributed by atoms with E-state index >= 15 is 0 Å². The Bertz CT molecular complexity index is 1310. The van der Waals surface area contributed by atoms with E-state index in [0.717, 1.165) is 33.7 Å². The van der Waals surface area contributed by atoms with Crippen LogP contribution in [0.15, 0.2) is 54.7 Å². The smallest absolute Gasteiger partial charge is 0.254 e. The van der Waals surface area contributed by atoms with Crippen molar-refractivity contribution in [2.45, 2.75) is 33.1 Å². The van der Waals surface area contributed by atoms with Crippen molar-refractivity contribution in [2.24, 2.45) is 0 Å². The molecule has 34 heavy (non-hydrogen) atoms. The molecule has 176 valence electrons. The van der Waals surface area contributed by atoms with Gasteiger partial charge in [-0.05, 0) is 42.5 Å². The van der Waals surface area contributed by atoms with E-state index in [4.69, 9.17) is 14.6 Å². The highest BCUT2D eigenvalue weighted by Crippen LogP contribution is 2.30. The molecular formula is C27H30N4O3. The molecule has 0 fully saturated rings. The van der Waals surface area contributed by atoms with Crippen LogP contribution in [0.4, 0.5) is 0 Å². The fourth-order valence-corrected chi connectivity index (χ4v) is 4.23. The second-order valence-corrected chi connectivity index (χ2v) is 8.47. The van der Waals surface area contributed by atoms with Gasteiger partial charge >= 0.3 is 0 Å². The van der Waals surface area contributed by atoms with Crippen molar-refractivity contribution in [3.05, 3.63) is 77.2 Å². The van der Waals surface area contributed by atoms with Crippen LogP contribution in [0, 0.1) is 6.92 Å². The van der Waals surface area contributed by atoms with Gasteiger partial charge in [-0.15, -0.1) is 0 Å². The maximum absolute atomic E-state index is 13.2. The number of hydrogen-bond acceptors (Lipinski definition) is 5. The first-order chi connectivity index (χ1) is 16.4. The summed E-state index contributed by atoms with van der Waals surface area (Å²) in [6.45, 7) is 6.59. The van der Waals surface area contributed by atoms with Crippen molar-refractivity contribution < 1.29 is 14.3 Å². The van der Waals surface area contributed by atoms with Crippen LogP contribution in [0.25, 0.3) is 16.8 Å². The van der Waals surface area contributed by atoms with Crippen LogP contribution in [0.5, 0.6) is 11.5 Å². The Morgan fingerprint density at radius 1 is 1.06 bits per heavy atom. The van der Waals surface area contributed by atoms with Crippen LogP contribution < -0.4 is 14.8 Å². The maximum atomic E-state index is 13.2. The number of methoxy groups -OCH3 is 2. The Balaban J connectivity index is 1.59. The monoisotopic (exact) mass is 458 g/mol. The van der Waals surface area contributed by atoms with Crippen molar-refractivity contribution >= 4 is 11.6 Å². The summed E-state index contributed by atoms with van der Waals surface area (Å²) in [5.41, 5.74) is 6.12. The molecule has 0 aliphatic rings. The molecule has 2 aromatic heterocycles. The highest BCUT2D eigenvalue weighted by Gasteiger charge is 2.22. The lowest BCUT2D eigenvalue weighted by atomic mass is 10.0. The van der Waals surface area contributed by atoms with Gasteiger partial charge in [0.2, 0.25) is 0 Å². The van der Waals surface area contributed by atoms with Crippen molar-refractivity contribution in [1.82, 2.24) is 19.9 Å². The van der Waals surface area contributed by atoms with Crippen molar-refractivity contribution in [3.8, 4) is 22.6 Å². The van der Waals surface area contributed by atoms with Gasteiger partial charge in [-0.3, -0.25) is 4.79 Å². The van der Waals surface area contributed by atoms with Gasteiger partial charge in [0, 0.05) is 18.3 Å². The Morgan fingerprint density at radius 3 is 2.47 bits per heavy atom. The number of ether oxygens (including phenoxy) is 2. The topological polar surface area (TPSA) is 77.8 Å². The molecule has 0 aliphatic heterocycles. The van der Waals surface area contributed by atoms with Crippen molar-refractivity contribution in [3.63, 3.8) is 0 Å². The molecule has 1 amide bonds. The molecule has 0 unspecified atom stereocenters. The highest BCUT2D eigenvalue weighted by molar-refractivity contribution is 5.96. The first-order valence-electron chi connectivity index (χ1n) is 11.4. The van der Waals surface area contributed by atoms with Crippen LogP contribution >= 0.6 is 0 Å². The zero-order valence-electron chi connectivity index (χ0n) is 20.3. The molecule has 0 bridgehead atoms. The molecule has 7 nitrogen and oxygen atoms in total. The van der Waals surface area contributed by atoms with E-state index in [2.05, 4.69) is 36.3 Å². The number of nitrogens with zero attached hydrogens (tertiary/aromatic N) is 3. The lowest BCUT2D eigenvalue weighted by Gasteiger charge is -2.15. The first kappa shape index (κ1) is 23.3. The predicted molar refractivity (Wildman–Crippen MR) is 133 cm³/mol. The van der Waals surface area contributed by atoms with Gasteiger partial charge in [-0.25, -0.2) is 9.50 Å². The lowest BCUT2D eigenvalue weighted by Crippen LogP contribution is -2.28. The van der Waals surface area contributed by atoms with E-state index in [1.807, 2.05) is 47.8 Å². The summed E-state index contributed by atoms with van der Waals surface area (Å²) in [7, 11) is 3.22. The highest BCUT2D eigenvalue weighted by atomic mass is 16.5. The average molecular weight is 459 g/mol. The number of nitrogens with one attached hydrogen (secondary N) is 1. The standard InChI is InChI=1S/C27H30N4O3/c1-17(2)25-21(27(32)28-14-13-19-11-12-22(33-4)23(15-19)34-5)16-29-26-24(18(3)30-31(25)26)20-9-7-6-8-10-20/h6-12,15-17H,13-14H2,1-5H3,(H,28,32). The Hall–Kier alpha value is -3.87. The molecule has 4 rings (SSSR count). The zero-order chi connectivity index (χ0) is 24.2. The van der Waals surface area contributed by atoms with E-state index in [9.17, 15) is 4.79 Å². The van der Waals surface area contributed by atoms with Gasteiger partial charge in [0.05, 0.1) is 31.2 Å². The Morgan fingerprint density at radius 2 is 1.79 bits per heavy atom. The summed E-state index contributed by atoms with van der Waals surface area (Å²) >= 11 is 0. The summed E-state index contributed by atoms with van der Waals surface area (Å²) in [6.07, 6.45) is 2.34. The molecular weight excluding hydrogens is 428 g/mol. The predicted octanol–water partition coefficient (Wildman–Crippen LogP) is 4.82. The Kier molecular flexibility index (Phi) is 6.82. The van der Waals surface area contributed by atoms with Gasteiger partial charge in [0.1, 0.15) is 0 Å². The minimum Gasteiger partial charge on any atom is -0.493 e. The minimum atomic E-state index is -0.159. The van der Waals surface area contributed by atoms with Crippen LogP contribution in [0.3, 0.4) is 0 Å². The molecule has 2 aromatic carbocycles. The maximum Gasteiger partial charge on any atom is 0.254 e. The lowest BCUT2D eigenvalue weighted by molar-refractivity contribution is 0.0951. The van der Waals surface area contributed by atoms with E-state index < -0.39 is 0 Å². The number of carbonyl (C=O) groups is 1. The van der Waals surface area contributed by atoms with Crippen LogP contribution in [-0.2, 0) is 6.42 Å². The van der Waals surface area contributed by atoms with Gasteiger partial charge in [-0.2, -0.15) is 5.10 Å². The molecule has 0 saturated heterocycles. The molecule has 0 radical (unpaired) electrons. The molecule has 2 heterocycles. The molecule has 0 atom stereocenters. The summed E-state index contributed by atoms with van der Waals surface area (Å²) < 4.78 is 12.5. The number of carbonyl (C=O) groups excluding carboxylic acids is 1. The second kappa shape index (κ2) is 9.95. The number of hydrogen-bond donors (Lipinski definition) is 1. The summed E-state index contributed by atoms with van der Waals surface area (Å²) in [5.74, 6) is 1.28. The van der Waals surface area contributed by atoms with Gasteiger partial charge in [-0.1, -0.05) is 50.2 Å². The molecule has 4 aromatic rings. The fraction of sp³-hybridized carbons (Fsp3) is 0.296. The van der Waals surface area contributed by atoms with E-state index in [0.29, 0.717) is 30.0 Å². The summed E-state index contributed by atoms with van der Waals surface area (Å²) in [5, 5.41) is 7.80. The normalized spacial score (nSPS) is 11.1. The first-order valence-corrected chi connectivity index (χ1v) is 11.4. The SMILES string of the molecule is COc1ccc(CCNC(=O)c2cnc3c(-c4ccccc4)c(C)nn3c2C(C)C)cc1OC. The van der Waals surface area contributed by atoms with Gasteiger partial charge in [0.15, 0.2) is 17.1 Å². The number of aromatic nitrogens is 3. The summed E-state index contributed by atoms with van der Waals surface area (Å²) in [4.78, 5) is 17.8. The second-order valence-electron chi connectivity index (χ2n) is 8.47. The largest absolute Gasteiger partial charge is 0.493 e. The van der Waals surface area contributed by atoms with Crippen molar-refractivity contribution in [1.29, 1.82) is 0 Å². The molecule has 0 spiro atoms. The molecule has 1 N–H and O–H groups in total. The third kappa shape index (κ3) is 4.46. The number of rotatable bonds is 8. The zero-order valence-corrected chi connectivity index (χ0v) is 20.3. The molecule has 0 aliphatic carbocycles. The van der Waals surface area contributed by atoms with Gasteiger partial charge < -0.3 is 14.8 Å². The number of fused-ring (bicyclic) bond motifs is 1. The Labute approximate surface area is 199 Å². The average Bonchev–Trinajstić information content (AvgIpc) is 3.19. The number of aryl methyl sites for hydroxylation is 1.